The molecule has 0 fully saturated rings. The second-order valence-electron chi connectivity index (χ2n) is 5.33. The molecule has 0 aliphatic heterocycles. The molecule has 0 saturated carbocycles. The molecule has 2 aromatic carbocycles. The topological polar surface area (TPSA) is 84.4 Å². The lowest BCUT2D eigenvalue weighted by Gasteiger charge is -2.20. The van der Waals surface area contributed by atoms with Crippen molar-refractivity contribution in [2.45, 2.75) is 20.3 Å². The van der Waals surface area contributed by atoms with Crippen LogP contribution in [0.5, 0.6) is 0 Å². The number of nitrogens with zero attached hydrogens (tertiary/aromatic N) is 1. The third kappa shape index (κ3) is 3.61. The molecule has 2 rings (SSSR count). The summed E-state index contributed by atoms with van der Waals surface area (Å²) in [5, 5.41) is 0.938. The van der Waals surface area contributed by atoms with E-state index in [-0.39, 0.29) is 5.82 Å². The van der Waals surface area contributed by atoms with E-state index in [2.05, 4.69) is 0 Å². The van der Waals surface area contributed by atoms with Crippen molar-refractivity contribution in [3.8, 4) is 0 Å². The van der Waals surface area contributed by atoms with Crippen LogP contribution < -0.4 is 22.1 Å². The molecule has 6 heteroatoms. The molecule has 126 valence electrons. The normalized spacial score (nSPS) is 10.9. The highest BCUT2D eigenvalue weighted by molar-refractivity contribution is 5.94. The van der Waals surface area contributed by atoms with Crippen molar-refractivity contribution in [3.05, 3.63) is 64.5 Å². The van der Waals surface area contributed by atoms with Crippen molar-refractivity contribution in [1.29, 1.82) is 0 Å². The molecule has 0 radical (unpaired) electrons. The predicted octanol–water partition coefficient (Wildman–Crippen LogP) is 3.13. The maximum Gasteiger partial charge on any atom is 0.350 e. The zero-order valence-corrected chi connectivity index (χ0v) is 13.7. The molecule has 0 heterocycles. The Morgan fingerprint density at radius 3 is 2.50 bits per heavy atom. The van der Waals surface area contributed by atoms with Crippen molar-refractivity contribution in [2.75, 3.05) is 5.01 Å². The van der Waals surface area contributed by atoms with Gasteiger partial charge in [0.05, 0.1) is 5.69 Å². The van der Waals surface area contributed by atoms with Gasteiger partial charge in [-0.15, -0.1) is 0 Å². The molecule has 0 unspecified atom stereocenters. The third-order valence-electron chi connectivity index (χ3n) is 3.84. The van der Waals surface area contributed by atoms with Gasteiger partial charge in [-0.3, -0.25) is 5.43 Å². The molecule has 0 aliphatic rings. The summed E-state index contributed by atoms with van der Waals surface area (Å²) in [6.07, 6.45) is 4.20. The lowest BCUT2D eigenvalue weighted by molar-refractivity contribution is 0.246. The van der Waals surface area contributed by atoms with Gasteiger partial charge in [0, 0.05) is 11.1 Å². The van der Waals surface area contributed by atoms with Gasteiger partial charge in [0.15, 0.2) is 0 Å². The van der Waals surface area contributed by atoms with E-state index in [0.717, 1.165) is 28.1 Å². The molecule has 0 atom stereocenters. The maximum absolute atomic E-state index is 14.0. The van der Waals surface area contributed by atoms with Crippen LogP contribution in [-0.2, 0) is 6.42 Å². The summed E-state index contributed by atoms with van der Waals surface area (Å²) in [6.45, 7) is 3.83. The molecule has 2 aromatic rings. The van der Waals surface area contributed by atoms with Gasteiger partial charge in [-0.05, 0) is 36.6 Å². The quantitative estimate of drug-likeness (QED) is 0.349. The van der Waals surface area contributed by atoms with Crippen LogP contribution in [0.4, 0.5) is 14.9 Å². The largest absolute Gasteiger partial charge is 0.350 e. The van der Waals surface area contributed by atoms with Crippen LogP contribution in [0.25, 0.3) is 12.2 Å². The number of aryl methyl sites for hydroxylation is 2. The van der Waals surface area contributed by atoms with Gasteiger partial charge < -0.3 is 0 Å². The van der Waals surface area contributed by atoms with Crippen LogP contribution in [0.15, 0.2) is 36.4 Å². The highest BCUT2D eigenvalue weighted by Gasteiger charge is 2.15. The number of hydrogen-bond donors (Lipinski definition) is 3. The maximum atomic E-state index is 14.0. The molecular formula is C18H21FN4O. The number of anilines is 1. The highest BCUT2D eigenvalue weighted by Crippen LogP contribution is 2.26. The summed E-state index contributed by atoms with van der Waals surface area (Å²) in [5.74, 6) is 10.7. The number of hydrazine groups is 2. The molecule has 0 saturated heterocycles. The third-order valence-corrected chi connectivity index (χ3v) is 3.84. The van der Waals surface area contributed by atoms with Crippen LogP contribution in [0, 0.1) is 12.7 Å². The van der Waals surface area contributed by atoms with Gasteiger partial charge in [0.1, 0.15) is 5.82 Å². The van der Waals surface area contributed by atoms with Gasteiger partial charge in [-0.25, -0.2) is 25.9 Å². The second-order valence-corrected chi connectivity index (χ2v) is 5.33. The van der Waals surface area contributed by atoms with E-state index in [1.165, 1.54) is 6.07 Å². The van der Waals surface area contributed by atoms with Crippen molar-refractivity contribution in [2.24, 2.45) is 11.7 Å². The molecular weight excluding hydrogens is 307 g/mol. The summed E-state index contributed by atoms with van der Waals surface area (Å²) in [5.41, 5.74) is 5.54. The molecule has 2 amide bonds. The molecule has 0 aromatic heterocycles. The fraction of sp³-hybridized carbons (Fsp3) is 0.167. The fourth-order valence-corrected chi connectivity index (χ4v) is 2.51. The van der Waals surface area contributed by atoms with Gasteiger partial charge in [0.25, 0.3) is 0 Å². The molecule has 0 spiro atoms. The molecule has 5 N–H and O–H groups in total. The van der Waals surface area contributed by atoms with Crippen LogP contribution in [0.2, 0.25) is 0 Å². The Labute approximate surface area is 140 Å². The SMILES string of the molecule is CCc1cccc(N(N)C(=O)NN)c1/C=C/c1c(C)cccc1F. The number of nitrogens with one attached hydrogen (secondary N) is 1. The van der Waals surface area contributed by atoms with E-state index in [0.29, 0.717) is 11.3 Å². The number of carbonyl (C=O) groups excluding carboxylic acids is 1. The van der Waals surface area contributed by atoms with E-state index in [1.54, 1.807) is 24.3 Å². The fourth-order valence-electron chi connectivity index (χ4n) is 2.51. The Hall–Kier alpha value is -2.70. The summed E-state index contributed by atoms with van der Waals surface area (Å²) in [7, 11) is 0. The first-order valence-electron chi connectivity index (χ1n) is 7.60. The number of halogens is 1. The highest BCUT2D eigenvalue weighted by atomic mass is 19.1. The number of rotatable bonds is 4. The van der Waals surface area contributed by atoms with Gasteiger partial charge in [-0.2, -0.15) is 0 Å². The first-order valence-corrected chi connectivity index (χ1v) is 7.60. The monoisotopic (exact) mass is 328 g/mol. The van der Waals surface area contributed by atoms with E-state index >= 15 is 0 Å². The smallest absolute Gasteiger partial charge is 0.274 e. The van der Waals surface area contributed by atoms with Gasteiger partial charge in [-0.1, -0.05) is 43.3 Å². The summed E-state index contributed by atoms with van der Waals surface area (Å²) in [4.78, 5) is 11.7. The molecule has 5 nitrogen and oxygen atoms in total. The molecule has 0 bridgehead atoms. The average Bonchev–Trinajstić information content (AvgIpc) is 2.59. The first-order chi connectivity index (χ1) is 11.5. The van der Waals surface area contributed by atoms with E-state index < -0.39 is 6.03 Å². The van der Waals surface area contributed by atoms with Crippen LogP contribution >= 0.6 is 0 Å². The predicted molar refractivity (Wildman–Crippen MR) is 95.3 cm³/mol. The van der Waals surface area contributed by atoms with Gasteiger partial charge >= 0.3 is 6.03 Å². The van der Waals surface area contributed by atoms with E-state index in [9.17, 15) is 9.18 Å². The lowest BCUT2D eigenvalue weighted by Crippen LogP contribution is -2.48. The minimum atomic E-state index is -0.639. The molecule has 0 aliphatic carbocycles. The average molecular weight is 328 g/mol. The summed E-state index contributed by atoms with van der Waals surface area (Å²) < 4.78 is 14.0. The Bertz CT molecular complexity index is 753. The zero-order chi connectivity index (χ0) is 17.7. The Morgan fingerprint density at radius 2 is 1.88 bits per heavy atom. The number of carbonyl (C=O) groups is 1. The minimum absolute atomic E-state index is 0.300. The lowest BCUT2D eigenvalue weighted by atomic mass is 10.00. The van der Waals surface area contributed by atoms with Crippen molar-refractivity contribution >= 4 is 23.9 Å². The number of hydrogen-bond acceptors (Lipinski definition) is 3. The van der Waals surface area contributed by atoms with Crippen LogP contribution in [0.3, 0.4) is 0 Å². The van der Waals surface area contributed by atoms with Crippen molar-refractivity contribution in [1.82, 2.24) is 5.43 Å². The zero-order valence-electron chi connectivity index (χ0n) is 13.7. The number of benzene rings is 2. The second kappa shape index (κ2) is 7.72. The van der Waals surface area contributed by atoms with Crippen molar-refractivity contribution < 1.29 is 9.18 Å². The Morgan fingerprint density at radius 1 is 1.21 bits per heavy atom. The number of amides is 2. The van der Waals surface area contributed by atoms with Crippen LogP contribution in [0.1, 0.15) is 29.2 Å². The molecule has 24 heavy (non-hydrogen) atoms. The minimum Gasteiger partial charge on any atom is -0.274 e. The number of nitrogens with two attached hydrogens (primary N) is 2. The Kier molecular flexibility index (Phi) is 5.68. The van der Waals surface area contributed by atoms with E-state index in [4.69, 9.17) is 11.7 Å². The van der Waals surface area contributed by atoms with Crippen LogP contribution in [-0.4, -0.2) is 6.03 Å². The van der Waals surface area contributed by atoms with Crippen molar-refractivity contribution in [3.63, 3.8) is 0 Å². The number of urea groups is 1. The summed E-state index contributed by atoms with van der Waals surface area (Å²) in [6, 6.07) is 9.74. The van der Waals surface area contributed by atoms with Gasteiger partial charge in [0.2, 0.25) is 0 Å². The first kappa shape index (κ1) is 17.7. The summed E-state index contributed by atoms with van der Waals surface area (Å²) >= 11 is 0. The van der Waals surface area contributed by atoms with E-state index in [1.807, 2.05) is 37.5 Å². The standard InChI is InChI=1S/C18H21FN4O/c1-3-13-7-5-9-17(23(21)18(24)22-20)15(13)11-10-14-12(2)6-4-8-16(14)19/h4-11H,3,20-21H2,1-2H3,(H,22,24)/b11-10+. The Balaban J connectivity index is 2.52.